The molecule has 1 rings (SSSR count). The van der Waals surface area contributed by atoms with E-state index in [1.807, 2.05) is 0 Å². The zero-order chi connectivity index (χ0) is 8.48. The summed E-state index contributed by atoms with van der Waals surface area (Å²) in [7, 11) is 0. The van der Waals surface area contributed by atoms with Crippen molar-refractivity contribution in [1.29, 1.82) is 0 Å². The Bertz CT molecular complexity index is 169. The maximum absolute atomic E-state index is 11.4. The first-order chi connectivity index (χ1) is 5.07. The zero-order valence-corrected chi connectivity index (χ0v) is 9.14. The van der Waals surface area contributed by atoms with Crippen LogP contribution in [0.2, 0.25) is 0 Å². The lowest BCUT2D eigenvalue weighted by molar-refractivity contribution is -0.125. The number of alkyl halides is 1. The second-order valence-corrected chi connectivity index (χ2v) is 5.30. The van der Waals surface area contributed by atoms with E-state index in [9.17, 15) is 4.79 Å². The highest BCUT2D eigenvalue weighted by Crippen LogP contribution is 2.35. The van der Waals surface area contributed by atoms with Crippen LogP contribution < -0.4 is 5.32 Å². The van der Waals surface area contributed by atoms with Gasteiger partial charge in [0.25, 0.3) is 0 Å². The van der Waals surface area contributed by atoms with Crippen molar-refractivity contribution in [3.8, 4) is 0 Å². The van der Waals surface area contributed by atoms with Crippen molar-refractivity contribution < 1.29 is 4.79 Å². The molecule has 1 heterocycles. The summed E-state index contributed by atoms with van der Waals surface area (Å²) in [5.41, 5.74) is 0. The van der Waals surface area contributed by atoms with E-state index in [-0.39, 0.29) is 9.33 Å². The molecule has 1 atom stereocenters. The summed E-state index contributed by atoms with van der Waals surface area (Å²) in [4.78, 5) is 11.4. The van der Waals surface area contributed by atoms with Gasteiger partial charge >= 0.3 is 0 Å². The topological polar surface area (TPSA) is 29.1 Å². The SMILES string of the molecule is CC(C)C1(I)CCCNC1=O. The van der Waals surface area contributed by atoms with Gasteiger partial charge in [-0.05, 0) is 18.8 Å². The van der Waals surface area contributed by atoms with E-state index in [2.05, 4.69) is 41.8 Å². The lowest BCUT2D eigenvalue weighted by Gasteiger charge is -2.34. The Morgan fingerprint density at radius 1 is 1.64 bits per heavy atom. The van der Waals surface area contributed by atoms with Crippen LogP contribution in [0.5, 0.6) is 0 Å². The molecule has 0 spiro atoms. The molecule has 64 valence electrons. The molecule has 0 aromatic heterocycles. The molecule has 1 saturated heterocycles. The summed E-state index contributed by atoms with van der Waals surface area (Å²) in [5.74, 6) is 0.655. The van der Waals surface area contributed by atoms with Crippen LogP contribution in [-0.2, 0) is 4.79 Å². The fourth-order valence-corrected chi connectivity index (χ4v) is 1.93. The van der Waals surface area contributed by atoms with Gasteiger partial charge in [-0.3, -0.25) is 4.79 Å². The number of amides is 1. The molecule has 11 heavy (non-hydrogen) atoms. The van der Waals surface area contributed by atoms with Gasteiger partial charge in [-0.1, -0.05) is 36.4 Å². The van der Waals surface area contributed by atoms with Crippen LogP contribution in [0, 0.1) is 5.92 Å². The number of hydrogen-bond acceptors (Lipinski definition) is 1. The molecule has 1 N–H and O–H groups in total. The van der Waals surface area contributed by atoms with Gasteiger partial charge in [0.1, 0.15) is 3.42 Å². The molecule has 0 bridgehead atoms. The summed E-state index contributed by atoms with van der Waals surface area (Å²) in [6.45, 7) is 5.07. The van der Waals surface area contributed by atoms with Gasteiger partial charge in [-0.2, -0.15) is 0 Å². The number of carbonyl (C=O) groups is 1. The van der Waals surface area contributed by atoms with Crippen LogP contribution >= 0.6 is 22.6 Å². The van der Waals surface area contributed by atoms with Crippen LogP contribution in [0.15, 0.2) is 0 Å². The highest BCUT2D eigenvalue weighted by atomic mass is 127. The summed E-state index contributed by atoms with van der Waals surface area (Å²) in [5, 5.41) is 2.91. The second-order valence-electron chi connectivity index (χ2n) is 3.38. The van der Waals surface area contributed by atoms with E-state index in [4.69, 9.17) is 0 Å². The fourth-order valence-electron chi connectivity index (χ4n) is 1.36. The maximum atomic E-state index is 11.4. The average molecular weight is 267 g/mol. The van der Waals surface area contributed by atoms with Gasteiger partial charge in [-0.25, -0.2) is 0 Å². The monoisotopic (exact) mass is 267 g/mol. The first kappa shape index (κ1) is 9.29. The number of nitrogens with one attached hydrogen (secondary N) is 1. The lowest BCUT2D eigenvalue weighted by atomic mass is 9.88. The molecule has 0 aromatic rings. The summed E-state index contributed by atoms with van der Waals surface area (Å²) in [6, 6.07) is 0. The predicted octanol–water partition coefficient (Wildman–Crippen LogP) is 1.73. The minimum atomic E-state index is -0.143. The van der Waals surface area contributed by atoms with E-state index in [0.29, 0.717) is 5.92 Å². The molecular weight excluding hydrogens is 253 g/mol. The Morgan fingerprint density at radius 3 is 2.64 bits per heavy atom. The molecule has 0 aliphatic carbocycles. The maximum Gasteiger partial charge on any atom is 0.236 e. The minimum Gasteiger partial charge on any atom is -0.355 e. The van der Waals surface area contributed by atoms with Crippen LogP contribution in [0.4, 0.5) is 0 Å². The van der Waals surface area contributed by atoms with Gasteiger partial charge in [0.2, 0.25) is 5.91 Å². The number of rotatable bonds is 1. The van der Waals surface area contributed by atoms with Crippen molar-refractivity contribution in [2.45, 2.75) is 30.1 Å². The van der Waals surface area contributed by atoms with Gasteiger partial charge in [0.05, 0.1) is 0 Å². The third-order valence-electron chi connectivity index (χ3n) is 2.30. The number of carbonyl (C=O) groups excluding carboxylic acids is 1. The van der Waals surface area contributed by atoms with Crippen molar-refractivity contribution in [3.05, 3.63) is 0 Å². The van der Waals surface area contributed by atoms with E-state index >= 15 is 0 Å². The van der Waals surface area contributed by atoms with Crippen LogP contribution in [0.25, 0.3) is 0 Å². The van der Waals surface area contributed by atoms with Crippen LogP contribution in [-0.4, -0.2) is 15.9 Å². The first-order valence-corrected chi connectivity index (χ1v) is 5.12. The largest absolute Gasteiger partial charge is 0.355 e. The van der Waals surface area contributed by atoms with Crippen molar-refractivity contribution in [1.82, 2.24) is 5.32 Å². The third-order valence-corrected chi connectivity index (χ3v) is 4.57. The molecule has 0 saturated carbocycles. The number of piperidine rings is 1. The summed E-state index contributed by atoms with van der Waals surface area (Å²) < 4.78 is -0.143. The molecule has 1 unspecified atom stereocenters. The predicted molar refractivity (Wildman–Crippen MR) is 53.8 cm³/mol. The Balaban J connectivity index is 2.73. The third kappa shape index (κ3) is 1.68. The Morgan fingerprint density at radius 2 is 2.27 bits per heavy atom. The molecule has 1 aliphatic rings. The molecule has 1 fully saturated rings. The highest BCUT2D eigenvalue weighted by molar-refractivity contribution is 14.1. The van der Waals surface area contributed by atoms with Crippen LogP contribution in [0.1, 0.15) is 26.7 Å². The second kappa shape index (κ2) is 3.29. The fraction of sp³-hybridized carbons (Fsp3) is 0.875. The van der Waals surface area contributed by atoms with E-state index in [0.717, 1.165) is 19.4 Å². The van der Waals surface area contributed by atoms with E-state index in [1.54, 1.807) is 0 Å². The Hall–Kier alpha value is 0.200. The molecule has 3 heteroatoms. The van der Waals surface area contributed by atoms with Crippen molar-refractivity contribution in [2.24, 2.45) is 5.92 Å². The molecule has 1 amide bonds. The molecule has 1 aliphatic heterocycles. The zero-order valence-electron chi connectivity index (χ0n) is 6.98. The average Bonchev–Trinajstić information content (AvgIpc) is 1.95. The van der Waals surface area contributed by atoms with Gasteiger partial charge in [0, 0.05) is 6.54 Å². The van der Waals surface area contributed by atoms with E-state index in [1.165, 1.54) is 0 Å². The van der Waals surface area contributed by atoms with Gasteiger partial charge in [0.15, 0.2) is 0 Å². The first-order valence-electron chi connectivity index (χ1n) is 4.04. The molecular formula is C8H14INO. The number of hydrogen-bond donors (Lipinski definition) is 1. The smallest absolute Gasteiger partial charge is 0.236 e. The minimum absolute atomic E-state index is 0.143. The standard InChI is InChI=1S/C8H14INO/c1-6(2)8(9)4-3-5-10-7(8)11/h6H,3-5H2,1-2H3,(H,10,11). The molecule has 0 radical (unpaired) electrons. The van der Waals surface area contributed by atoms with Crippen molar-refractivity contribution >= 4 is 28.5 Å². The summed E-state index contributed by atoms with van der Waals surface area (Å²) in [6.07, 6.45) is 2.14. The molecule has 0 aromatic carbocycles. The van der Waals surface area contributed by atoms with Gasteiger partial charge < -0.3 is 5.32 Å². The Labute approximate surface area is 81.3 Å². The normalized spacial score (nSPS) is 32.2. The van der Waals surface area contributed by atoms with Crippen molar-refractivity contribution in [2.75, 3.05) is 6.54 Å². The van der Waals surface area contributed by atoms with Crippen molar-refractivity contribution in [3.63, 3.8) is 0 Å². The summed E-state index contributed by atoms with van der Waals surface area (Å²) >= 11 is 2.29. The van der Waals surface area contributed by atoms with E-state index < -0.39 is 0 Å². The molecule has 2 nitrogen and oxygen atoms in total. The quantitative estimate of drug-likeness (QED) is 0.569. The highest BCUT2D eigenvalue weighted by Gasteiger charge is 2.40. The van der Waals surface area contributed by atoms with Crippen LogP contribution in [0.3, 0.4) is 0 Å². The number of halogens is 1. The van der Waals surface area contributed by atoms with Gasteiger partial charge in [-0.15, -0.1) is 0 Å². The lowest BCUT2D eigenvalue weighted by Crippen LogP contribution is -2.50. The Kier molecular flexibility index (Phi) is 2.78.